The van der Waals surface area contributed by atoms with Gasteiger partial charge in [-0.05, 0) is 30.2 Å². The van der Waals surface area contributed by atoms with E-state index in [4.69, 9.17) is 0 Å². The quantitative estimate of drug-likeness (QED) is 0.811. The first-order valence-corrected chi connectivity index (χ1v) is 8.55. The van der Waals surface area contributed by atoms with Crippen LogP contribution in [0, 0.1) is 11.8 Å². The Labute approximate surface area is 130 Å². The Kier molecular flexibility index (Phi) is 6.25. The van der Waals surface area contributed by atoms with E-state index in [1.807, 2.05) is 30.3 Å². The largest absolute Gasteiger partial charge is 0.388 e. The van der Waals surface area contributed by atoms with Gasteiger partial charge in [-0.3, -0.25) is 4.90 Å². The van der Waals surface area contributed by atoms with Crippen molar-refractivity contribution in [1.82, 2.24) is 4.90 Å². The van der Waals surface area contributed by atoms with Gasteiger partial charge in [0, 0.05) is 19.1 Å². The number of benzene rings is 1. The van der Waals surface area contributed by atoms with Crippen LogP contribution in [0.4, 0.5) is 0 Å². The summed E-state index contributed by atoms with van der Waals surface area (Å²) in [4.78, 5) is 2.63. The summed E-state index contributed by atoms with van der Waals surface area (Å²) in [6.45, 7) is 8.91. The topological polar surface area (TPSA) is 23.5 Å². The van der Waals surface area contributed by atoms with Crippen LogP contribution in [-0.2, 0) is 0 Å². The lowest BCUT2D eigenvalue weighted by Crippen LogP contribution is -2.40. The lowest BCUT2D eigenvalue weighted by Gasteiger charge is -2.34. The van der Waals surface area contributed by atoms with E-state index in [1.54, 1.807) is 0 Å². The molecule has 1 aliphatic carbocycles. The second-order valence-corrected chi connectivity index (χ2v) is 7.12. The smallest absolute Gasteiger partial charge is 0.0827 e. The van der Waals surface area contributed by atoms with Crippen molar-refractivity contribution in [1.29, 1.82) is 0 Å². The van der Waals surface area contributed by atoms with Gasteiger partial charge in [-0.2, -0.15) is 0 Å². The van der Waals surface area contributed by atoms with Crippen LogP contribution in [-0.4, -0.2) is 29.1 Å². The minimum Gasteiger partial charge on any atom is -0.388 e. The summed E-state index contributed by atoms with van der Waals surface area (Å²) in [6.07, 6.45) is 5.05. The highest BCUT2D eigenvalue weighted by molar-refractivity contribution is 5.17. The van der Waals surface area contributed by atoms with Gasteiger partial charge in [0.1, 0.15) is 0 Å². The van der Waals surface area contributed by atoms with E-state index in [2.05, 4.69) is 25.7 Å². The van der Waals surface area contributed by atoms with Gasteiger partial charge in [0.2, 0.25) is 0 Å². The third-order valence-corrected chi connectivity index (χ3v) is 4.64. The Morgan fingerprint density at radius 1 is 1.05 bits per heavy atom. The Morgan fingerprint density at radius 2 is 1.67 bits per heavy atom. The highest BCUT2D eigenvalue weighted by Gasteiger charge is 2.26. The maximum atomic E-state index is 10.6. The summed E-state index contributed by atoms with van der Waals surface area (Å²) in [6, 6.07) is 10.8. The van der Waals surface area contributed by atoms with E-state index in [-0.39, 0.29) is 12.0 Å². The molecule has 0 heterocycles. The summed E-state index contributed by atoms with van der Waals surface area (Å²) >= 11 is 0. The third-order valence-electron chi connectivity index (χ3n) is 4.64. The van der Waals surface area contributed by atoms with Crippen LogP contribution in [0.15, 0.2) is 30.3 Å². The van der Waals surface area contributed by atoms with Gasteiger partial charge in [-0.25, -0.2) is 0 Å². The molecular formula is C19H31NO. The van der Waals surface area contributed by atoms with Crippen molar-refractivity contribution in [2.24, 2.45) is 11.8 Å². The minimum absolute atomic E-state index is 0.270. The normalized spacial score (nSPS) is 19.3. The number of aliphatic hydroxyl groups is 1. The van der Waals surface area contributed by atoms with Crippen LogP contribution in [0.2, 0.25) is 0 Å². The Morgan fingerprint density at radius 3 is 2.24 bits per heavy atom. The van der Waals surface area contributed by atoms with Gasteiger partial charge in [-0.15, -0.1) is 0 Å². The zero-order valence-electron chi connectivity index (χ0n) is 13.8. The van der Waals surface area contributed by atoms with Gasteiger partial charge in [0.25, 0.3) is 0 Å². The van der Waals surface area contributed by atoms with Crippen molar-refractivity contribution in [2.45, 2.75) is 58.6 Å². The van der Waals surface area contributed by atoms with E-state index >= 15 is 0 Å². The molecule has 0 spiro atoms. The fourth-order valence-electron chi connectivity index (χ4n) is 3.56. The van der Waals surface area contributed by atoms with E-state index < -0.39 is 0 Å². The molecule has 1 fully saturated rings. The fourth-order valence-corrected chi connectivity index (χ4v) is 3.56. The lowest BCUT2D eigenvalue weighted by molar-refractivity contribution is 0.0684. The molecule has 0 aromatic heterocycles. The second-order valence-electron chi connectivity index (χ2n) is 7.12. The molecule has 2 atom stereocenters. The average Bonchev–Trinajstić information content (AvgIpc) is 3.00. The number of hydrogen-bond acceptors (Lipinski definition) is 2. The molecule has 118 valence electrons. The second kappa shape index (κ2) is 7.95. The predicted molar refractivity (Wildman–Crippen MR) is 89.2 cm³/mol. The van der Waals surface area contributed by atoms with Crippen molar-refractivity contribution in [3.8, 4) is 0 Å². The first-order chi connectivity index (χ1) is 10.1. The van der Waals surface area contributed by atoms with Crippen LogP contribution in [0.3, 0.4) is 0 Å². The molecule has 1 aromatic carbocycles. The van der Waals surface area contributed by atoms with E-state index in [9.17, 15) is 5.11 Å². The molecule has 2 heteroatoms. The van der Waals surface area contributed by atoms with Gasteiger partial charge < -0.3 is 5.11 Å². The first-order valence-electron chi connectivity index (χ1n) is 8.55. The summed E-state index contributed by atoms with van der Waals surface area (Å²) in [5, 5.41) is 10.6. The first kappa shape index (κ1) is 16.5. The SMILES string of the molecule is CC(C)CN(CC(C)C(O)c1ccccc1)C1CCCC1. The van der Waals surface area contributed by atoms with Gasteiger partial charge >= 0.3 is 0 Å². The molecule has 2 rings (SSSR count). The molecule has 1 aliphatic rings. The molecule has 0 saturated heterocycles. The molecule has 1 aromatic rings. The monoisotopic (exact) mass is 289 g/mol. The maximum absolute atomic E-state index is 10.6. The highest BCUT2D eigenvalue weighted by Crippen LogP contribution is 2.28. The minimum atomic E-state index is -0.359. The van der Waals surface area contributed by atoms with Gasteiger partial charge in [0.05, 0.1) is 6.10 Å². The molecule has 1 saturated carbocycles. The molecule has 0 aliphatic heterocycles. The average molecular weight is 289 g/mol. The van der Waals surface area contributed by atoms with Crippen molar-refractivity contribution in [3.63, 3.8) is 0 Å². The summed E-state index contributed by atoms with van der Waals surface area (Å²) in [5.41, 5.74) is 1.04. The summed E-state index contributed by atoms with van der Waals surface area (Å²) in [7, 11) is 0. The van der Waals surface area contributed by atoms with Crippen LogP contribution in [0.25, 0.3) is 0 Å². The van der Waals surface area contributed by atoms with Crippen molar-refractivity contribution in [2.75, 3.05) is 13.1 Å². The molecule has 0 radical (unpaired) electrons. The highest BCUT2D eigenvalue weighted by atomic mass is 16.3. The summed E-state index contributed by atoms with van der Waals surface area (Å²) < 4.78 is 0. The van der Waals surface area contributed by atoms with E-state index in [1.165, 1.54) is 25.7 Å². The molecule has 1 N–H and O–H groups in total. The number of nitrogens with zero attached hydrogens (tertiary/aromatic N) is 1. The molecule has 0 bridgehead atoms. The Balaban J connectivity index is 1.98. The van der Waals surface area contributed by atoms with Crippen molar-refractivity contribution < 1.29 is 5.11 Å². The van der Waals surface area contributed by atoms with Crippen LogP contribution >= 0.6 is 0 Å². The fraction of sp³-hybridized carbons (Fsp3) is 0.684. The number of hydrogen-bond donors (Lipinski definition) is 1. The molecule has 2 unspecified atom stereocenters. The van der Waals surface area contributed by atoms with Gasteiger partial charge in [0.15, 0.2) is 0 Å². The molecule has 21 heavy (non-hydrogen) atoms. The van der Waals surface area contributed by atoms with Gasteiger partial charge in [-0.1, -0.05) is 63.9 Å². The third kappa shape index (κ3) is 4.82. The number of rotatable bonds is 7. The van der Waals surface area contributed by atoms with Crippen LogP contribution in [0.5, 0.6) is 0 Å². The zero-order valence-corrected chi connectivity index (χ0v) is 13.8. The zero-order chi connectivity index (χ0) is 15.2. The molecule has 2 nitrogen and oxygen atoms in total. The van der Waals surface area contributed by atoms with Crippen LogP contribution < -0.4 is 0 Å². The Hall–Kier alpha value is -0.860. The predicted octanol–water partition coefficient (Wildman–Crippen LogP) is 4.26. The Bertz CT molecular complexity index is 397. The van der Waals surface area contributed by atoms with E-state index in [0.717, 1.165) is 24.7 Å². The standard InChI is InChI=1S/C19H31NO/c1-15(2)13-20(18-11-7-8-12-18)14-16(3)19(21)17-9-5-4-6-10-17/h4-6,9-10,15-16,18-19,21H,7-8,11-14H2,1-3H3. The lowest BCUT2D eigenvalue weighted by atomic mass is 9.96. The molecular weight excluding hydrogens is 258 g/mol. The van der Waals surface area contributed by atoms with Crippen LogP contribution in [0.1, 0.15) is 58.1 Å². The van der Waals surface area contributed by atoms with Crippen molar-refractivity contribution >= 4 is 0 Å². The van der Waals surface area contributed by atoms with E-state index in [0.29, 0.717) is 5.92 Å². The number of aliphatic hydroxyl groups excluding tert-OH is 1. The van der Waals surface area contributed by atoms with Crippen molar-refractivity contribution in [3.05, 3.63) is 35.9 Å². The maximum Gasteiger partial charge on any atom is 0.0827 e. The summed E-state index contributed by atoms with van der Waals surface area (Å²) in [5.74, 6) is 0.957. The molecule has 0 amide bonds.